The summed E-state index contributed by atoms with van der Waals surface area (Å²) in [6.07, 6.45) is 4.09. The summed E-state index contributed by atoms with van der Waals surface area (Å²) in [6, 6.07) is 14.6. The van der Waals surface area contributed by atoms with E-state index in [1.54, 1.807) is 28.6 Å². The first-order chi connectivity index (χ1) is 14.2. The molecule has 8 heteroatoms. The molecule has 1 aromatic carbocycles. The van der Waals surface area contributed by atoms with Gasteiger partial charge in [-0.15, -0.1) is 5.10 Å². The Kier molecular flexibility index (Phi) is 5.90. The van der Waals surface area contributed by atoms with E-state index in [1.807, 2.05) is 36.4 Å². The number of nitrogens with one attached hydrogen (secondary N) is 1. The van der Waals surface area contributed by atoms with Gasteiger partial charge in [0, 0.05) is 24.2 Å². The van der Waals surface area contributed by atoms with Crippen molar-refractivity contribution in [1.29, 1.82) is 0 Å². The lowest BCUT2D eigenvalue weighted by atomic mass is 10.1. The van der Waals surface area contributed by atoms with Crippen molar-refractivity contribution >= 4 is 23.3 Å². The minimum absolute atomic E-state index is 0.0103. The van der Waals surface area contributed by atoms with Gasteiger partial charge in [0.25, 0.3) is 5.91 Å². The van der Waals surface area contributed by atoms with Crippen LogP contribution in [0.1, 0.15) is 40.6 Å². The van der Waals surface area contributed by atoms with Gasteiger partial charge in [0.05, 0.1) is 5.69 Å². The summed E-state index contributed by atoms with van der Waals surface area (Å²) < 4.78 is 3.79. The normalized spacial score (nSPS) is 14.2. The number of pyridine rings is 1. The summed E-state index contributed by atoms with van der Waals surface area (Å²) in [7, 11) is 0. The van der Waals surface area contributed by atoms with Crippen molar-refractivity contribution in [3.8, 4) is 0 Å². The Bertz CT molecular complexity index is 946. The predicted octanol–water partition coefficient (Wildman–Crippen LogP) is 2.64. The van der Waals surface area contributed by atoms with Crippen LogP contribution in [0.25, 0.3) is 0 Å². The Morgan fingerprint density at radius 1 is 1.14 bits per heavy atom. The maximum atomic E-state index is 13.2. The highest BCUT2D eigenvalue weighted by Crippen LogP contribution is 2.35. The minimum atomic E-state index is -0.798. The fourth-order valence-electron chi connectivity index (χ4n) is 3.25. The predicted molar refractivity (Wildman–Crippen MR) is 109 cm³/mol. The lowest BCUT2D eigenvalue weighted by molar-refractivity contribution is -0.126. The van der Waals surface area contributed by atoms with Crippen LogP contribution >= 0.6 is 11.5 Å². The van der Waals surface area contributed by atoms with E-state index < -0.39 is 6.04 Å². The van der Waals surface area contributed by atoms with Gasteiger partial charge >= 0.3 is 0 Å². The van der Waals surface area contributed by atoms with Crippen molar-refractivity contribution in [2.45, 2.75) is 31.3 Å². The third-order valence-electron chi connectivity index (χ3n) is 4.80. The second kappa shape index (κ2) is 8.91. The van der Waals surface area contributed by atoms with Gasteiger partial charge in [-0.25, -0.2) is 0 Å². The number of benzene rings is 1. The number of hydrogen-bond donors (Lipinski definition) is 1. The van der Waals surface area contributed by atoms with E-state index in [2.05, 4.69) is 19.9 Å². The third kappa shape index (κ3) is 4.65. The van der Waals surface area contributed by atoms with Gasteiger partial charge in [0.1, 0.15) is 0 Å². The van der Waals surface area contributed by atoms with E-state index in [9.17, 15) is 9.59 Å². The van der Waals surface area contributed by atoms with Gasteiger partial charge in [0.15, 0.2) is 11.7 Å². The highest BCUT2D eigenvalue weighted by Gasteiger charge is 2.42. The lowest BCUT2D eigenvalue weighted by Crippen LogP contribution is -2.45. The topological polar surface area (TPSA) is 88.1 Å². The number of rotatable bonds is 8. The van der Waals surface area contributed by atoms with Crippen molar-refractivity contribution in [1.82, 2.24) is 24.8 Å². The SMILES string of the molecule is O=C(NCCc1ccccc1)C(c1ccccn1)N(C(=O)c1csnn1)C1CC1. The summed E-state index contributed by atoms with van der Waals surface area (Å²) in [6.45, 7) is 0.483. The molecular weight excluding hydrogens is 386 g/mol. The fourth-order valence-corrected chi connectivity index (χ4v) is 3.68. The Labute approximate surface area is 173 Å². The molecule has 0 radical (unpaired) electrons. The van der Waals surface area contributed by atoms with Gasteiger partial charge in [0.2, 0.25) is 5.91 Å². The standard InChI is InChI=1S/C21H21N5O2S/c27-20(23-13-11-15-6-2-1-3-7-15)19(17-8-4-5-12-22-17)26(16-9-10-16)21(28)18-14-29-25-24-18/h1-8,12,14,16,19H,9-11,13H2,(H,23,27). The van der Waals surface area contributed by atoms with Crippen molar-refractivity contribution in [3.05, 3.63) is 77.1 Å². The number of hydrogen-bond acceptors (Lipinski definition) is 6. The van der Waals surface area contributed by atoms with Crippen LogP contribution in [0.15, 0.2) is 60.1 Å². The van der Waals surface area contributed by atoms with E-state index in [-0.39, 0.29) is 23.6 Å². The Hall–Kier alpha value is -3.13. The largest absolute Gasteiger partial charge is 0.354 e. The molecule has 2 amide bonds. The number of carbonyl (C=O) groups is 2. The van der Waals surface area contributed by atoms with E-state index in [1.165, 1.54) is 0 Å². The van der Waals surface area contributed by atoms with Crippen LogP contribution in [0.5, 0.6) is 0 Å². The molecule has 0 saturated heterocycles. The average molecular weight is 407 g/mol. The fraction of sp³-hybridized carbons (Fsp3) is 0.286. The smallest absolute Gasteiger partial charge is 0.276 e. The molecule has 0 aliphatic heterocycles. The van der Waals surface area contributed by atoms with Gasteiger partial charge in [-0.1, -0.05) is 40.9 Å². The second-order valence-electron chi connectivity index (χ2n) is 6.92. The maximum Gasteiger partial charge on any atom is 0.276 e. The molecule has 2 heterocycles. The first kappa shape index (κ1) is 19.2. The summed E-state index contributed by atoms with van der Waals surface area (Å²) in [5.41, 5.74) is 1.96. The number of aromatic nitrogens is 3. The van der Waals surface area contributed by atoms with Crippen molar-refractivity contribution in [3.63, 3.8) is 0 Å². The summed E-state index contributed by atoms with van der Waals surface area (Å²) in [4.78, 5) is 32.3. The summed E-state index contributed by atoms with van der Waals surface area (Å²) >= 11 is 1.12. The van der Waals surface area contributed by atoms with E-state index >= 15 is 0 Å². The molecular formula is C21H21N5O2S. The molecule has 4 rings (SSSR count). The van der Waals surface area contributed by atoms with Gasteiger partial charge < -0.3 is 10.2 Å². The summed E-state index contributed by atoms with van der Waals surface area (Å²) in [5.74, 6) is -0.516. The molecule has 1 unspecified atom stereocenters. The molecule has 7 nitrogen and oxygen atoms in total. The third-order valence-corrected chi connectivity index (χ3v) is 5.31. The lowest BCUT2D eigenvalue weighted by Gasteiger charge is -2.30. The van der Waals surface area contributed by atoms with Crippen LogP contribution in [-0.2, 0) is 11.2 Å². The van der Waals surface area contributed by atoms with Gasteiger partial charge in [-0.2, -0.15) is 0 Å². The molecule has 1 atom stereocenters. The maximum absolute atomic E-state index is 13.2. The molecule has 0 bridgehead atoms. The molecule has 1 N–H and O–H groups in total. The first-order valence-electron chi connectivity index (χ1n) is 9.56. The van der Waals surface area contributed by atoms with Crippen LogP contribution in [0.2, 0.25) is 0 Å². The Morgan fingerprint density at radius 3 is 2.59 bits per heavy atom. The quantitative estimate of drug-likeness (QED) is 0.620. The number of nitrogens with zero attached hydrogens (tertiary/aromatic N) is 4. The van der Waals surface area contributed by atoms with Crippen LogP contribution in [-0.4, -0.2) is 43.9 Å². The molecule has 1 saturated carbocycles. The van der Waals surface area contributed by atoms with Gasteiger partial charge in [-0.3, -0.25) is 14.6 Å². The van der Waals surface area contributed by atoms with Crippen molar-refractivity contribution in [2.75, 3.05) is 6.54 Å². The van der Waals surface area contributed by atoms with E-state index in [0.29, 0.717) is 12.2 Å². The zero-order valence-corrected chi connectivity index (χ0v) is 16.6. The van der Waals surface area contributed by atoms with Crippen LogP contribution in [0, 0.1) is 0 Å². The molecule has 148 valence electrons. The Balaban J connectivity index is 1.55. The van der Waals surface area contributed by atoms with Crippen molar-refractivity contribution < 1.29 is 9.59 Å². The van der Waals surface area contributed by atoms with Crippen LogP contribution < -0.4 is 5.32 Å². The molecule has 1 aliphatic rings. The molecule has 0 spiro atoms. The minimum Gasteiger partial charge on any atom is -0.354 e. The van der Waals surface area contributed by atoms with E-state index in [4.69, 9.17) is 0 Å². The van der Waals surface area contributed by atoms with Crippen molar-refractivity contribution in [2.24, 2.45) is 0 Å². The monoisotopic (exact) mass is 407 g/mol. The molecule has 1 fully saturated rings. The second-order valence-corrected chi connectivity index (χ2v) is 7.53. The zero-order chi connectivity index (χ0) is 20.1. The highest BCUT2D eigenvalue weighted by atomic mass is 32.1. The van der Waals surface area contributed by atoms with Crippen LogP contribution in [0.3, 0.4) is 0 Å². The molecule has 3 aromatic rings. The van der Waals surface area contributed by atoms with Gasteiger partial charge in [-0.05, 0) is 48.5 Å². The zero-order valence-electron chi connectivity index (χ0n) is 15.8. The summed E-state index contributed by atoms with van der Waals surface area (Å²) in [5, 5.41) is 8.51. The average Bonchev–Trinajstić information content (AvgIpc) is 3.44. The number of amides is 2. The first-order valence-corrected chi connectivity index (χ1v) is 10.4. The molecule has 1 aliphatic carbocycles. The highest BCUT2D eigenvalue weighted by molar-refractivity contribution is 7.03. The number of carbonyl (C=O) groups excluding carboxylic acids is 2. The van der Waals surface area contributed by atoms with E-state index in [0.717, 1.165) is 36.4 Å². The molecule has 2 aromatic heterocycles. The van der Waals surface area contributed by atoms with Crippen LogP contribution in [0.4, 0.5) is 0 Å². The molecule has 29 heavy (non-hydrogen) atoms. The Morgan fingerprint density at radius 2 is 1.93 bits per heavy atom.